The molecule has 1 N–H and O–H groups in total. The van der Waals surface area contributed by atoms with E-state index in [-0.39, 0.29) is 19.1 Å². The number of ether oxygens (including phenoxy) is 2. The van der Waals surface area contributed by atoms with Gasteiger partial charge in [0.2, 0.25) is 0 Å². The molecule has 2 aromatic rings. The quantitative estimate of drug-likeness (QED) is 0.644. The Morgan fingerprint density at radius 2 is 1.66 bits per heavy atom. The normalized spacial score (nSPS) is 13.4. The van der Waals surface area contributed by atoms with E-state index in [4.69, 9.17) is 9.47 Å². The van der Waals surface area contributed by atoms with Crippen LogP contribution in [0.2, 0.25) is 0 Å². The number of amides is 1. The first-order valence-electron chi connectivity index (χ1n) is 9.93. The van der Waals surface area contributed by atoms with Crippen molar-refractivity contribution in [2.24, 2.45) is 0 Å². The molecule has 154 valence electrons. The van der Waals surface area contributed by atoms with Crippen LogP contribution in [0.5, 0.6) is 0 Å². The lowest BCUT2D eigenvalue weighted by molar-refractivity contribution is -0.144. The fraction of sp³-hybridized carbons (Fsp3) is 0.391. The molecule has 3 rings (SSSR count). The predicted octanol–water partition coefficient (Wildman–Crippen LogP) is 4.14. The number of aliphatic carboxylic acids is 1. The van der Waals surface area contributed by atoms with Gasteiger partial charge < -0.3 is 14.6 Å². The van der Waals surface area contributed by atoms with Crippen LogP contribution in [0.15, 0.2) is 48.5 Å². The Morgan fingerprint density at radius 3 is 2.21 bits per heavy atom. The summed E-state index contributed by atoms with van der Waals surface area (Å²) in [6, 6.07) is 15.1. The zero-order valence-electron chi connectivity index (χ0n) is 16.8. The SMILES string of the molecule is CCCCOCC(C(=O)O)N(C)C(=O)OCC1c2ccccc2-c2ccccc21. The van der Waals surface area contributed by atoms with Crippen molar-refractivity contribution >= 4 is 12.1 Å². The van der Waals surface area contributed by atoms with E-state index >= 15 is 0 Å². The van der Waals surface area contributed by atoms with Gasteiger partial charge in [0.1, 0.15) is 6.61 Å². The number of carbonyl (C=O) groups excluding carboxylic acids is 1. The number of hydrogen-bond donors (Lipinski definition) is 1. The molecule has 29 heavy (non-hydrogen) atoms. The van der Waals surface area contributed by atoms with Gasteiger partial charge >= 0.3 is 12.1 Å². The number of carbonyl (C=O) groups is 2. The number of unbranched alkanes of at least 4 members (excludes halogenated alkanes) is 1. The van der Waals surface area contributed by atoms with Gasteiger partial charge in [0.15, 0.2) is 6.04 Å². The van der Waals surface area contributed by atoms with Gasteiger partial charge in [0.05, 0.1) is 6.61 Å². The topological polar surface area (TPSA) is 76.1 Å². The smallest absolute Gasteiger partial charge is 0.410 e. The third-order valence-corrected chi connectivity index (χ3v) is 5.29. The van der Waals surface area contributed by atoms with Gasteiger partial charge in [-0.25, -0.2) is 9.59 Å². The second-order valence-electron chi connectivity index (χ2n) is 7.20. The van der Waals surface area contributed by atoms with E-state index in [0.29, 0.717) is 6.61 Å². The molecule has 6 heteroatoms. The van der Waals surface area contributed by atoms with Crippen LogP contribution in [0.3, 0.4) is 0 Å². The summed E-state index contributed by atoms with van der Waals surface area (Å²) in [5.41, 5.74) is 4.51. The fourth-order valence-electron chi connectivity index (χ4n) is 3.61. The number of carboxylic acids is 1. The van der Waals surface area contributed by atoms with Crippen molar-refractivity contribution in [2.75, 3.05) is 26.9 Å². The van der Waals surface area contributed by atoms with E-state index in [0.717, 1.165) is 40.0 Å². The van der Waals surface area contributed by atoms with Crippen molar-refractivity contribution in [2.45, 2.75) is 31.7 Å². The Labute approximate surface area is 171 Å². The molecule has 1 aliphatic rings. The average molecular weight is 397 g/mol. The van der Waals surface area contributed by atoms with Crippen molar-refractivity contribution in [1.82, 2.24) is 4.90 Å². The van der Waals surface area contributed by atoms with Crippen molar-refractivity contribution in [3.63, 3.8) is 0 Å². The van der Waals surface area contributed by atoms with Gasteiger partial charge in [-0.3, -0.25) is 4.90 Å². The zero-order chi connectivity index (χ0) is 20.8. The lowest BCUT2D eigenvalue weighted by Crippen LogP contribution is -2.46. The van der Waals surface area contributed by atoms with Crippen LogP contribution in [0.25, 0.3) is 11.1 Å². The molecule has 1 amide bonds. The highest BCUT2D eigenvalue weighted by molar-refractivity contribution is 5.81. The minimum absolute atomic E-state index is 0.0595. The molecule has 1 aliphatic carbocycles. The molecule has 0 bridgehead atoms. The van der Waals surface area contributed by atoms with Crippen LogP contribution >= 0.6 is 0 Å². The Morgan fingerprint density at radius 1 is 1.07 bits per heavy atom. The standard InChI is InChI=1S/C23H27NO5/c1-3-4-13-28-15-21(22(25)26)24(2)23(27)29-14-20-18-11-7-5-9-16(18)17-10-6-8-12-19(17)20/h5-12,20-21H,3-4,13-15H2,1-2H3,(H,25,26). The summed E-state index contributed by atoms with van der Waals surface area (Å²) in [5, 5.41) is 9.46. The Kier molecular flexibility index (Phi) is 6.88. The Hall–Kier alpha value is -2.86. The molecule has 0 aromatic heterocycles. The maximum atomic E-state index is 12.5. The third kappa shape index (κ3) is 4.59. The molecule has 0 saturated heterocycles. The molecule has 0 heterocycles. The average Bonchev–Trinajstić information content (AvgIpc) is 3.05. The number of carboxylic acid groups (broad SMARTS) is 1. The third-order valence-electron chi connectivity index (χ3n) is 5.29. The van der Waals surface area contributed by atoms with Crippen molar-refractivity contribution in [1.29, 1.82) is 0 Å². The van der Waals surface area contributed by atoms with E-state index in [2.05, 4.69) is 12.1 Å². The molecule has 0 aliphatic heterocycles. The van der Waals surface area contributed by atoms with E-state index in [1.165, 1.54) is 7.05 Å². The summed E-state index contributed by atoms with van der Waals surface area (Å²) in [6.07, 6.45) is 1.14. The molecule has 0 fully saturated rings. The second-order valence-corrected chi connectivity index (χ2v) is 7.20. The van der Waals surface area contributed by atoms with Crippen LogP contribution in [0, 0.1) is 0 Å². The summed E-state index contributed by atoms with van der Waals surface area (Å²) >= 11 is 0. The van der Waals surface area contributed by atoms with Gasteiger partial charge in [-0.15, -0.1) is 0 Å². The predicted molar refractivity (Wildman–Crippen MR) is 110 cm³/mol. The van der Waals surface area contributed by atoms with E-state index < -0.39 is 18.1 Å². The summed E-state index contributed by atoms with van der Waals surface area (Å²) in [4.78, 5) is 25.2. The molecule has 0 saturated carbocycles. The van der Waals surface area contributed by atoms with Gasteiger partial charge in [-0.2, -0.15) is 0 Å². The monoisotopic (exact) mass is 397 g/mol. The molecular formula is C23H27NO5. The number of hydrogen-bond acceptors (Lipinski definition) is 4. The van der Waals surface area contributed by atoms with Crippen LogP contribution in [-0.2, 0) is 14.3 Å². The Bertz CT molecular complexity index is 820. The second kappa shape index (κ2) is 9.56. The molecule has 1 atom stereocenters. The minimum Gasteiger partial charge on any atom is -0.480 e. The molecule has 2 aromatic carbocycles. The van der Waals surface area contributed by atoms with Gasteiger partial charge in [-0.05, 0) is 28.7 Å². The van der Waals surface area contributed by atoms with Gasteiger partial charge in [0.25, 0.3) is 0 Å². The molecule has 0 spiro atoms. The first-order chi connectivity index (χ1) is 14.0. The number of rotatable bonds is 9. The fourth-order valence-corrected chi connectivity index (χ4v) is 3.61. The lowest BCUT2D eigenvalue weighted by atomic mass is 9.98. The van der Waals surface area contributed by atoms with E-state index in [9.17, 15) is 14.7 Å². The number of fused-ring (bicyclic) bond motifs is 3. The Balaban J connectivity index is 1.66. The van der Waals surface area contributed by atoms with Crippen LogP contribution in [0.1, 0.15) is 36.8 Å². The molecular weight excluding hydrogens is 370 g/mol. The molecule has 0 radical (unpaired) electrons. The number of nitrogens with zero attached hydrogens (tertiary/aromatic N) is 1. The van der Waals surface area contributed by atoms with Crippen molar-refractivity contribution < 1.29 is 24.2 Å². The first-order valence-corrected chi connectivity index (χ1v) is 9.93. The van der Waals surface area contributed by atoms with Crippen LogP contribution < -0.4 is 0 Å². The number of likely N-dealkylation sites (N-methyl/N-ethyl adjacent to an activating group) is 1. The highest BCUT2D eigenvalue weighted by Gasteiger charge is 2.32. The van der Waals surface area contributed by atoms with E-state index in [1.807, 2.05) is 43.3 Å². The van der Waals surface area contributed by atoms with Crippen molar-refractivity contribution in [3.05, 3.63) is 59.7 Å². The lowest BCUT2D eigenvalue weighted by Gasteiger charge is -2.25. The minimum atomic E-state index is -1.11. The molecule has 1 unspecified atom stereocenters. The summed E-state index contributed by atoms with van der Waals surface area (Å²) in [6.45, 7) is 2.59. The van der Waals surface area contributed by atoms with Crippen molar-refractivity contribution in [3.8, 4) is 11.1 Å². The summed E-state index contributed by atoms with van der Waals surface area (Å²) < 4.78 is 10.9. The summed E-state index contributed by atoms with van der Waals surface area (Å²) in [7, 11) is 1.43. The van der Waals surface area contributed by atoms with Crippen LogP contribution in [-0.4, -0.2) is 55.0 Å². The van der Waals surface area contributed by atoms with Gasteiger partial charge in [0, 0.05) is 19.6 Å². The number of benzene rings is 2. The highest BCUT2D eigenvalue weighted by Crippen LogP contribution is 2.44. The highest BCUT2D eigenvalue weighted by atomic mass is 16.6. The summed E-state index contributed by atoms with van der Waals surface area (Å²) in [5.74, 6) is -1.18. The largest absolute Gasteiger partial charge is 0.480 e. The van der Waals surface area contributed by atoms with Crippen LogP contribution in [0.4, 0.5) is 4.79 Å². The maximum Gasteiger partial charge on any atom is 0.410 e. The van der Waals surface area contributed by atoms with Gasteiger partial charge in [-0.1, -0.05) is 61.9 Å². The first kappa shape index (κ1) is 20.9. The molecule has 6 nitrogen and oxygen atoms in total. The van der Waals surface area contributed by atoms with E-state index in [1.54, 1.807) is 0 Å². The zero-order valence-corrected chi connectivity index (χ0v) is 16.8. The maximum absolute atomic E-state index is 12.5.